The highest BCUT2D eigenvalue weighted by molar-refractivity contribution is 6.00. The number of hydrogen-bond donors (Lipinski definition) is 1. The smallest absolute Gasteiger partial charge is 0.156 e. The van der Waals surface area contributed by atoms with E-state index in [-0.39, 0.29) is 5.78 Å². The van der Waals surface area contributed by atoms with Crippen molar-refractivity contribution < 1.29 is 4.79 Å². The Morgan fingerprint density at radius 3 is 2.93 bits per heavy atom. The summed E-state index contributed by atoms with van der Waals surface area (Å²) in [6.07, 6.45) is 2.61. The molecule has 0 aromatic carbocycles. The van der Waals surface area contributed by atoms with Crippen molar-refractivity contribution in [3.63, 3.8) is 0 Å². The van der Waals surface area contributed by atoms with Crippen LogP contribution in [0.25, 0.3) is 0 Å². The summed E-state index contributed by atoms with van der Waals surface area (Å²) in [5.74, 6) is 0.160. The molecule has 0 aromatic rings. The second-order valence-corrected chi connectivity index (χ2v) is 3.91. The van der Waals surface area contributed by atoms with Crippen LogP contribution in [-0.2, 0) is 4.79 Å². The lowest BCUT2D eigenvalue weighted by atomic mass is 9.99. The van der Waals surface area contributed by atoms with Gasteiger partial charge in [0.2, 0.25) is 0 Å². The van der Waals surface area contributed by atoms with E-state index in [1.165, 1.54) is 0 Å². The SMILES string of the molecule is C=C(C)CN=CC1=C(C(C)=O)CCNC1. The Kier molecular flexibility index (Phi) is 4.43. The molecule has 0 saturated carbocycles. The number of Topliss-reactive ketones (excluding diaryl/α,β-unsaturated/α-hetero) is 1. The fraction of sp³-hybridized carbons (Fsp3) is 0.500. The highest BCUT2D eigenvalue weighted by atomic mass is 16.1. The number of rotatable bonds is 4. The van der Waals surface area contributed by atoms with E-state index in [1.54, 1.807) is 13.1 Å². The van der Waals surface area contributed by atoms with Crippen LogP contribution in [0, 0.1) is 0 Å². The third-order valence-electron chi connectivity index (χ3n) is 2.29. The molecule has 0 unspecified atom stereocenters. The van der Waals surface area contributed by atoms with Crippen LogP contribution in [0.5, 0.6) is 0 Å². The van der Waals surface area contributed by atoms with Crippen molar-refractivity contribution in [3.05, 3.63) is 23.3 Å². The first-order valence-electron chi connectivity index (χ1n) is 5.19. The molecular formula is C12H18N2O. The number of carbonyl (C=O) groups excluding carboxylic acids is 1. The molecule has 0 bridgehead atoms. The predicted molar refractivity (Wildman–Crippen MR) is 63.4 cm³/mol. The number of nitrogens with zero attached hydrogens (tertiary/aromatic N) is 1. The first-order chi connectivity index (χ1) is 7.11. The molecule has 3 heteroatoms. The maximum absolute atomic E-state index is 11.3. The van der Waals surface area contributed by atoms with E-state index >= 15 is 0 Å². The van der Waals surface area contributed by atoms with Crippen LogP contribution >= 0.6 is 0 Å². The average Bonchev–Trinajstić information content (AvgIpc) is 2.17. The Morgan fingerprint density at radius 1 is 1.60 bits per heavy atom. The van der Waals surface area contributed by atoms with Crippen molar-refractivity contribution in [1.29, 1.82) is 0 Å². The van der Waals surface area contributed by atoms with E-state index in [1.807, 2.05) is 6.92 Å². The maximum Gasteiger partial charge on any atom is 0.156 e. The van der Waals surface area contributed by atoms with Crippen LogP contribution in [0.2, 0.25) is 0 Å². The van der Waals surface area contributed by atoms with Gasteiger partial charge in [-0.3, -0.25) is 9.79 Å². The lowest BCUT2D eigenvalue weighted by Crippen LogP contribution is -2.27. The van der Waals surface area contributed by atoms with E-state index in [0.717, 1.165) is 36.2 Å². The lowest BCUT2D eigenvalue weighted by Gasteiger charge is -2.16. The summed E-state index contributed by atoms with van der Waals surface area (Å²) in [5.41, 5.74) is 2.97. The number of carbonyl (C=O) groups is 1. The molecule has 0 atom stereocenters. The van der Waals surface area contributed by atoms with Crippen molar-refractivity contribution in [3.8, 4) is 0 Å². The third-order valence-corrected chi connectivity index (χ3v) is 2.29. The fourth-order valence-corrected chi connectivity index (χ4v) is 1.54. The highest BCUT2D eigenvalue weighted by Crippen LogP contribution is 2.12. The Bertz CT molecular complexity index is 327. The first kappa shape index (κ1) is 11.9. The highest BCUT2D eigenvalue weighted by Gasteiger charge is 2.13. The fourth-order valence-electron chi connectivity index (χ4n) is 1.54. The van der Waals surface area contributed by atoms with Gasteiger partial charge < -0.3 is 5.32 Å². The Morgan fingerprint density at radius 2 is 2.33 bits per heavy atom. The standard InChI is InChI=1S/C12H18N2O/c1-9(2)6-14-8-11-7-13-5-4-12(11)10(3)15/h8,13H,1,4-7H2,2-3H3. The van der Waals surface area contributed by atoms with Gasteiger partial charge in [-0.15, -0.1) is 0 Å². The second-order valence-electron chi connectivity index (χ2n) is 3.91. The lowest BCUT2D eigenvalue weighted by molar-refractivity contribution is -0.113. The van der Waals surface area contributed by atoms with Crippen LogP contribution in [0.15, 0.2) is 28.3 Å². The quantitative estimate of drug-likeness (QED) is 0.559. The minimum absolute atomic E-state index is 0.160. The summed E-state index contributed by atoms with van der Waals surface area (Å²) in [4.78, 5) is 15.6. The van der Waals surface area contributed by atoms with Crippen molar-refractivity contribution in [1.82, 2.24) is 5.32 Å². The molecule has 1 aliphatic heterocycles. The van der Waals surface area contributed by atoms with E-state index < -0.39 is 0 Å². The van der Waals surface area contributed by atoms with Crippen molar-refractivity contribution in [2.45, 2.75) is 20.3 Å². The summed E-state index contributed by atoms with van der Waals surface area (Å²) in [6, 6.07) is 0. The van der Waals surface area contributed by atoms with Crippen molar-refractivity contribution >= 4 is 12.0 Å². The predicted octanol–water partition coefficient (Wildman–Crippen LogP) is 1.51. The van der Waals surface area contributed by atoms with Crippen LogP contribution in [-0.4, -0.2) is 31.6 Å². The Hall–Kier alpha value is -1.22. The number of nitrogens with one attached hydrogen (secondary N) is 1. The van der Waals surface area contributed by atoms with E-state index in [4.69, 9.17) is 0 Å². The van der Waals surface area contributed by atoms with Crippen LogP contribution in [0.4, 0.5) is 0 Å². The average molecular weight is 206 g/mol. The molecule has 1 heterocycles. The molecule has 82 valence electrons. The normalized spacial score (nSPS) is 17.2. The zero-order valence-electron chi connectivity index (χ0n) is 9.47. The minimum Gasteiger partial charge on any atom is -0.312 e. The molecule has 0 aliphatic carbocycles. The third kappa shape index (κ3) is 3.80. The van der Waals surface area contributed by atoms with Crippen molar-refractivity contribution in [2.75, 3.05) is 19.6 Å². The minimum atomic E-state index is 0.160. The molecule has 0 spiro atoms. The molecular weight excluding hydrogens is 188 g/mol. The monoisotopic (exact) mass is 206 g/mol. The van der Waals surface area contributed by atoms with Gasteiger partial charge in [0.05, 0.1) is 6.54 Å². The summed E-state index contributed by atoms with van der Waals surface area (Å²) in [5, 5.41) is 3.23. The maximum atomic E-state index is 11.3. The zero-order chi connectivity index (χ0) is 11.3. The molecule has 3 nitrogen and oxygen atoms in total. The Balaban J connectivity index is 2.74. The van der Waals surface area contributed by atoms with Gasteiger partial charge in [0, 0.05) is 18.3 Å². The van der Waals surface area contributed by atoms with Gasteiger partial charge in [0.15, 0.2) is 5.78 Å². The molecule has 0 fully saturated rings. The number of aliphatic imine (C=N–C) groups is 1. The summed E-state index contributed by atoms with van der Waals surface area (Å²) >= 11 is 0. The molecule has 0 saturated heterocycles. The first-order valence-corrected chi connectivity index (χ1v) is 5.19. The molecule has 0 radical (unpaired) electrons. The zero-order valence-corrected chi connectivity index (χ0v) is 9.47. The molecule has 15 heavy (non-hydrogen) atoms. The van der Waals surface area contributed by atoms with Crippen LogP contribution in [0.3, 0.4) is 0 Å². The Labute approximate surface area is 91.0 Å². The van der Waals surface area contributed by atoms with Crippen LogP contribution in [0.1, 0.15) is 20.3 Å². The summed E-state index contributed by atoms with van der Waals surface area (Å²) in [7, 11) is 0. The largest absolute Gasteiger partial charge is 0.312 e. The van der Waals surface area contributed by atoms with Gasteiger partial charge in [-0.25, -0.2) is 0 Å². The molecule has 1 rings (SSSR count). The second kappa shape index (κ2) is 5.61. The van der Waals surface area contributed by atoms with E-state index in [0.29, 0.717) is 6.54 Å². The van der Waals surface area contributed by atoms with Gasteiger partial charge in [0.1, 0.15) is 0 Å². The van der Waals surface area contributed by atoms with Crippen molar-refractivity contribution in [2.24, 2.45) is 4.99 Å². The molecule has 0 amide bonds. The molecule has 1 N–H and O–H groups in total. The van der Waals surface area contributed by atoms with E-state index in [2.05, 4.69) is 16.9 Å². The van der Waals surface area contributed by atoms with Gasteiger partial charge in [-0.1, -0.05) is 12.2 Å². The summed E-state index contributed by atoms with van der Waals surface area (Å²) in [6.45, 7) is 9.60. The van der Waals surface area contributed by atoms with Crippen LogP contribution < -0.4 is 5.32 Å². The topological polar surface area (TPSA) is 41.5 Å². The number of hydrogen-bond acceptors (Lipinski definition) is 3. The van der Waals surface area contributed by atoms with Gasteiger partial charge in [0.25, 0.3) is 0 Å². The van der Waals surface area contributed by atoms with Gasteiger partial charge in [-0.2, -0.15) is 0 Å². The summed E-state index contributed by atoms with van der Waals surface area (Å²) < 4.78 is 0. The van der Waals surface area contributed by atoms with Gasteiger partial charge in [-0.05, 0) is 32.4 Å². The molecule has 0 aromatic heterocycles. The molecule has 1 aliphatic rings. The van der Waals surface area contributed by atoms with Gasteiger partial charge >= 0.3 is 0 Å². The van der Waals surface area contributed by atoms with E-state index in [9.17, 15) is 4.79 Å². The number of ketones is 1.